The van der Waals surface area contributed by atoms with Gasteiger partial charge in [-0.3, -0.25) is 9.59 Å². The maximum atomic E-state index is 12.1. The Morgan fingerprint density at radius 2 is 2.31 bits per heavy atom. The van der Waals surface area contributed by atoms with Crippen LogP contribution >= 0.6 is 11.3 Å². The summed E-state index contributed by atoms with van der Waals surface area (Å²) < 4.78 is 6.67. The highest BCUT2D eigenvalue weighted by Crippen LogP contribution is 2.19. The minimum atomic E-state index is -0.356. The molecule has 1 aromatic carbocycles. The minimum Gasteiger partial charge on any atom is -0.368 e. The monoisotopic (exact) mass is 371 g/mol. The van der Waals surface area contributed by atoms with E-state index in [4.69, 9.17) is 4.74 Å². The van der Waals surface area contributed by atoms with E-state index in [2.05, 4.69) is 20.7 Å². The molecule has 0 bridgehead atoms. The number of ether oxygens (including phenoxy) is 1. The molecule has 0 spiro atoms. The van der Waals surface area contributed by atoms with E-state index < -0.39 is 0 Å². The van der Waals surface area contributed by atoms with Gasteiger partial charge in [-0.15, -0.1) is 5.10 Å². The molecule has 1 aliphatic rings. The molecule has 9 heteroatoms. The normalized spacial score (nSPS) is 16.7. The van der Waals surface area contributed by atoms with Crippen LogP contribution in [0.15, 0.2) is 41.3 Å². The van der Waals surface area contributed by atoms with Crippen molar-refractivity contribution < 1.29 is 9.53 Å². The number of amides is 1. The summed E-state index contributed by atoms with van der Waals surface area (Å²) in [6.45, 7) is 1.15. The number of hydrogen-bond acceptors (Lipinski definition) is 7. The van der Waals surface area contributed by atoms with Crippen LogP contribution < -0.4 is 16.2 Å². The molecular weight excluding hydrogens is 354 g/mol. The number of rotatable bonds is 5. The first kappa shape index (κ1) is 16.7. The Labute approximate surface area is 152 Å². The van der Waals surface area contributed by atoms with Crippen molar-refractivity contribution in [2.45, 2.75) is 25.5 Å². The lowest BCUT2D eigenvalue weighted by Gasteiger charge is -2.11. The number of fused-ring (bicyclic) bond motifs is 1. The highest BCUT2D eigenvalue weighted by atomic mass is 32.1. The maximum absolute atomic E-state index is 12.1. The van der Waals surface area contributed by atoms with Gasteiger partial charge in [0.1, 0.15) is 6.10 Å². The van der Waals surface area contributed by atoms with E-state index in [1.54, 1.807) is 0 Å². The summed E-state index contributed by atoms with van der Waals surface area (Å²) in [5.74, 6) is -0.107. The largest absolute Gasteiger partial charge is 0.368 e. The van der Waals surface area contributed by atoms with E-state index >= 15 is 0 Å². The molecule has 1 aliphatic heterocycles. The third kappa shape index (κ3) is 3.58. The number of hydrogen-bond donors (Lipinski definition) is 2. The van der Waals surface area contributed by atoms with Crippen molar-refractivity contribution in [1.82, 2.24) is 14.6 Å². The Morgan fingerprint density at radius 1 is 1.38 bits per heavy atom. The van der Waals surface area contributed by atoms with E-state index in [9.17, 15) is 9.59 Å². The van der Waals surface area contributed by atoms with Crippen LogP contribution in [0, 0.1) is 0 Å². The predicted octanol–water partition coefficient (Wildman–Crippen LogP) is 1.88. The van der Waals surface area contributed by atoms with Gasteiger partial charge in [-0.05, 0) is 30.5 Å². The van der Waals surface area contributed by atoms with Gasteiger partial charge in [0.25, 0.3) is 11.5 Å². The van der Waals surface area contributed by atoms with Crippen molar-refractivity contribution in [2.24, 2.45) is 0 Å². The zero-order chi connectivity index (χ0) is 17.9. The number of benzene rings is 1. The summed E-state index contributed by atoms with van der Waals surface area (Å²) in [5.41, 5.74) is 1.50. The van der Waals surface area contributed by atoms with Crippen LogP contribution in [0.3, 0.4) is 0 Å². The van der Waals surface area contributed by atoms with E-state index in [0.717, 1.165) is 24.1 Å². The zero-order valence-electron chi connectivity index (χ0n) is 13.8. The van der Waals surface area contributed by atoms with Gasteiger partial charge in [-0.1, -0.05) is 23.5 Å². The van der Waals surface area contributed by atoms with Crippen molar-refractivity contribution >= 4 is 33.0 Å². The smallest absolute Gasteiger partial charge is 0.275 e. The van der Waals surface area contributed by atoms with Gasteiger partial charge in [0, 0.05) is 31.1 Å². The first-order chi connectivity index (χ1) is 12.7. The fourth-order valence-electron chi connectivity index (χ4n) is 2.76. The second-order valence-electron chi connectivity index (χ2n) is 5.93. The molecular formula is C17H17N5O3S. The zero-order valence-corrected chi connectivity index (χ0v) is 14.7. The topological polar surface area (TPSA) is 97.6 Å². The Balaban J connectivity index is 1.42. The van der Waals surface area contributed by atoms with Crippen molar-refractivity contribution in [3.05, 3.63) is 52.4 Å². The number of aromatic nitrogens is 3. The molecule has 1 unspecified atom stereocenters. The Morgan fingerprint density at radius 3 is 3.12 bits per heavy atom. The number of nitrogens with one attached hydrogen (secondary N) is 2. The SMILES string of the molecule is O=C(Nc1cccc(CNc2nn3c(=O)ccnc3s2)c1)C1CCCO1. The van der Waals surface area contributed by atoms with E-state index in [1.165, 1.54) is 28.1 Å². The lowest BCUT2D eigenvalue weighted by Crippen LogP contribution is -2.26. The second kappa shape index (κ2) is 7.22. The molecule has 1 amide bonds. The van der Waals surface area contributed by atoms with Crippen molar-refractivity contribution in [3.8, 4) is 0 Å². The van der Waals surface area contributed by atoms with Crippen LogP contribution in [-0.4, -0.2) is 33.2 Å². The highest BCUT2D eigenvalue weighted by Gasteiger charge is 2.23. The molecule has 0 aliphatic carbocycles. The quantitative estimate of drug-likeness (QED) is 0.711. The molecule has 2 aromatic heterocycles. The lowest BCUT2D eigenvalue weighted by atomic mass is 10.2. The molecule has 2 N–H and O–H groups in total. The van der Waals surface area contributed by atoms with Gasteiger partial charge < -0.3 is 15.4 Å². The van der Waals surface area contributed by atoms with Gasteiger partial charge in [-0.25, -0.2) is 4.98 Å². The molecule has 1 fully saturated rings. The summed E-state index contributed by atoms with van der Waals surface area (Å²) in [7, 11) is 0. The average molecular weight is 371 g/mol. The predicted molar refractivity (Wildman–Crippen MR) is 98.5 cm³/mol. The average Bonchev–Trinajstić information content (AvgIpc) is 3.31. The molecule has 26 heavy (non-hydrogen) atoms. The Hall–Kier alpha value is -2.78. The molecule has 0 radical (unpaired) electrons. The lowest BCUT2D eigenvalue weighted by molar-refractivity contribution is -0.124. The molecule has 4 rings (SSSR count). The first-order valence-electron chi connectivity index (χ1n) is 8.29. The van der Waals surface area contributed by atoms with Gasteiger partial charge in [0.2, 0.25) is 10.1 Å². The van der Waals surface area contributed by atoms with Crippen LogP contribution in [0.2, 0.25) is 0 Å². The third-order valence-electron chi connectivity index (χ3n) is 4.03. The summed E-state index contributed by atoms with van der Waals surface area (Å²) in [4.78, 5) is 28.5. The van der Waals surface area contributed by atoms with Crippen LogP contribution in [0.25, 0.3) is 4.96 Å². The van der Waals surface area contributed by atoms with Crippen molar-refractivity contribution in [2.75, 3.05) is 17.2 Å². The van der Waals surface area contributed by atoms with E-state index in [0.29, 0.717) is 23.2 Å². The van der Waals surface area contributed by atoms with Gasteiger partial charge in [-0.2, -0.15) is 4.52 Å². The number of nitrogens with zero attached hydrogens (tertiary/aromatic N) is 3. The van der Waals surface area contributed by atoms with Gasteiger partial charge in [0.15, 0.2) is 0 Å². The Bertz CT molecular complexity index is 993. The van der Waals surface area contributed by atoms with Crippen molar-refractivity contribution in [3.63, 3.8) is 0 Å². The van der Waals surface area contributed by atoms with Crippen LogP contribution in [0.1, 0.15) is 18.4 Å². The van der Waals surface area contributed by atoms with Crippen LogP contribution in [0.4, 0.5) is 10.8 Å². The van der Waals surface area contributed by atoms with Crippen LogP contribution in [0.5, 0.6) is 0 Å². The second-order valence-corrected chi connectivity index (χ2v) is 6.89. The molecule has 8 nitrogen and oxygen atoms in total. The van der Waals surface area contributed by atoms with Gasteiger partial charge in [0.05, 0.1) is 0 Å². The number of anilines is 2. The Kier molecular flexibility index (Phi) is 4.63. The number of carbonyl (C=O) groups is 1. The minimum absolute atomic E-state index is 0.107. The molecule has 134 valence electrons. The number of carbonyl (C=O) groups excluding carboxylic acids is 1. The highest BCUT2D eigenvalue weighted by molar-refractivity contribution is 7.20. The van der Waals surface area contributed by atoms with Crippen LogP contribution in [-0.2, 0) is 16.1 Å². The summed E-state index contributed by atoms with van der Waals surface area (Å²) in [6.07, 6.45) is 2.80. The summed E-state index contributed by atoms with van der Waals surface area (Å²) in [6, 6.07) is 8.95. The third-order valence-corrected chi connectivity index (χ3v) is 4.91. The first-order valence-corrected chi connectivity index (χ1v) is 9.11. The summed E-state index contributed by atoms with van der Waals surface area (Å²) >= 11 is 1.31. The molecule has 3 aromatic rings. The molecule has 1 saturated heterocycles. The van der Waals surface area contributed by atoms with E-state index in [1.807, 2.05) is 24.3 Å². The van der Waals surface area contributed by atoms with E-state index in [-0.39, 0.29) is 17.6 Å². The standard InChI is InChI=1S/C17H17N5O3S/c23-14-6-7-18-17-22(14)21-16(26-17)19-10-11-3-1-4-12(9-11)20-15(24)13-5-2-8-25-13/h1,3-4,6-7,9,13H,2,5,8,10H2,(H,19,21)(H,20,24). The fraction of sp³-hybridized carbons (Fsp3) is 0.294. The molecule has 0 saturated carbocycles. The van der Waals surface area contributed by atoms with Crippen molar-refractivity contribution in [1.29, 1.82) is 0 Å². The summed E-state index contributed by atoms with van der Waals surface area (Å²) in [5, 5.41) is 10.9. The maximum Gasteiger partial charge on any atom is 0.275 e. The molecule has 3 heterocycles. The van der Waals surface area contributed by atoms with Gasteiger partial charge >= 0.3 is 0 Å². The molecule has 1 atom stereocenters. The fourth-order valence-corrected chi connectivity index (χ4v) is 3.53.